The van der Waals surface area contributed by atoms with Crippen molar-refractivity contribution in [3.8, 4) is 0 Å². The molecule has 3 fully saturated rings. The minimum Gasteiger partial charge on any atom is -0.334 e. The number of rotatable bonds is 4. The van der Waals surface area contributed by atoms with Crippen LogP contribution in [0.1, 0.15) is 42.8 Å². The van der Waals surface area contributed by atoms with Gasteiger partial charge in [0.2, 0.25) is 0 Å². The Morgan fingerprint density at radius 2 is 1.93 bits per heavy atom. The quantitative estimate of drug-likeness (QED) is 0.812. The minimum atomic E-state index is 0.748. The first-order valence-corrected chi connectivity index (χ1v) is 11.2. The summed E-state index contributed by atoms with van der Waals surface area (Å²) in [5, 5.41) is 0. The van der Waals surface area contributed by atoms with E-state index in [-0.39, 0.29) is 0 Å². The molecule has 0 spiro atoms. The predicted octanol–water partition coefficient (Wildman–Crippen LogP) is 3.65. The molecular weight excluding hydrogens is 344 g/mol. The Hall–Kier alpha value is -1.65. The van der Waals surface area contributed by atoms with E-state index in [1.807, 2.05) is 0 Å². The highest BCUT2D eigenvalue weighted by molar-refractivity contribution is 5.17. The largest absolute Gasteiger partial charge is 0.334 e. The van der Waals surface area contributed by atoms with Crippen LogP contribution in [0.5, 0.6) is 0 Å². The third kappa shape index (κ3) is 3.53. The Morgan fingerprint density at radius 1 is 1.07 bits per heavy atom. The molecule has 3 aliphatic heterocycles. The molecule has 0 amide bonds. The van der Waals surface area contributed by atoms with E-state index in [1.165, 1.54) is 63.0 Å². The van der Waals surface area contributed by atoms with Gasteiger partial charge in [-0.1, -0.05) is 36.8 Å². The van der Waals surface area contributed by atoms with E-state index in [4.69, 9.17) is 0 Å². The Labute approximate surface area is 169 Å². The molecule has 0 radical (unpaired) electrons. The van der Waals surface area contributed by atoms with Gasteiger partial charge in [-0.05, 0) is 50.0 Å². The normalized spacial score (nSPS) is 30.9. The number of piperidine rings is 3. The van der Waals surface area contributed by atoms with Crippen LogP contribution in [0.4, 0.5) is 0 Å². The lowest BCUT2D eigenvalue weighted by Gasteiger charge is -2.55. The summed E-state index contributed by atoms with van der Waals surface area (Å²) < 4.78 is 2.26. The first-order valence-electron chi connectivity index (χ1n) is 11.2. The number of hydrogen-bond acceptors (Lipinski definition) is 3. The fourth-order valence-electron chi connectivity index (χ4n) is 6.17. The highest BCUT2D eigenvalue weighted by atomic mass is 15.3. The zero-order valence-electron chi connectivity index (χ0n) is 17.4. The number of benzene rings is 1. The Morgan fingerprint density at radius 3 is 2.71 bits per heavy atom. The van der Waals surface area contributed by atoms with Gasteiger partial charge in [0, 0.05) is 51.5 Å². The van der Waals surface area contributed by atoms with E-state index in [1.54, 1.807) is 0 Å². The number of likely N-dealkylation sites (tertiary alicyclic amines) is 1. The number of imidazole rings is 1. The van der Waals surface area contributed by atoms with Crippen LogP contribution in [0.15, 0.2) is 36.5 Å². The zero-order valence-corrected chi connectivity index (χ0v) is 17.4. The molecule has 0 unspecified atom stereocenters. The van der Waals surface area contributed by atoms with E-state index < -0.39 is 0 Å². The number of fused-ring (bicyclic) bond motifs is 4. The summed E-state index contributed by atoms with van der Waals surface area (Å²) in [5.74, 6) is 2.80. The molecule has 3 aliphatic rings. The van der Waals surface area contributed by atoms with Gasteiger partial charge in [-0.15, -0.1) is 0 Å². The van der Waals surface area contributed by atoms with Crippen molar-refractivity contribution >= 4 is 0 Å². The fourth-order valence-corrected chi connectivity index (χ4v) is 6.17. The van der Waals surface area contributed by atoms with Crippen molar-refractivity contribution in [3.63, 3.8) is 0 Å². The highest BCUT2D eigenvalue weighted by Crippen LogP contribution is 2.40. The highest BCUT2D eigenvalue weighted by Gasteiger charge is 2.44. The van der Waals surface area contributed by atoms with Crippen LogP contribution in [0.25, 0.3) is 0 Å². The van der Waals surface area contributed by atoms with E-state index in [9.17, 15) is 0 Å². The van der Waals surface area contributed by atoms with Gasteiger partial charge in [0.25, 0.3) is 0 Å². The maximum absolute atomic E-state index is 4.50. The van der Waals surface area contributed by atoms with Crippen LogP contribution in [0.2, 0.25) is 0 Å². The summed E-state index contributed by atoms with van der Waals surface area (Å²) in [5.41, 5.74) is 2.87. The second-order valence-electron chi connectivity index (χ2n) is 9.45. The summed E-state index contributed by atoms with van der Waals surface area (Å²) in [6, 6.07) is 12.7. The summed E-state index contributed by atoms with van der Waals surface area (Å²) in [6.07, 6.45) is 8.93. The summed E-state index contributed by atoms with van der Waals surface area (Å²) in [4.78, 5) is 10.1. The molecule has 150 valence electrons. The monoisotopic (exact) mass is 378 g/mol. The fraction of sp³-hybridized carbons (Fsp3) is 0.625. The summed E-state index contributed by atoms with van der Waals surface area (Å²) in [7, 11) is 2.15. The van der Waals surface area contributed by atoms with Crippen LogP contribution in [-0.2, 0) is 20.0 Å². The predicted molar refractivity (Wildman–Crippen MR) is 113 cm³/mol. The first-order chi connectivity index (χ1) is 13.7. The van der Waals surface area contributed by atoms with Crippen LogP contribution >= 0.6 is 0 Å². The second-order valence-corrected chi connectivity index (χ2v) is 9.45. The average Bonchev–Trinajstić information content (AvgIpc) is 3.01. The standard InChI is InChI=1S/C24H34N4/c1-18-25-13-23(26(18)2)17-27-14-20-11-21(16-27)24-10-6-9-22(28(24)15-20)12-19-7-4-3-5-8-19/h3-5,7-8,13,20-22,24H,6,9-12,14-17H2,1-2H3/t20-,21+,22+,24-/m0/s1. The zero-order chi connectivity index (χ0) is 19.1. The molecule has 4 heteroatoms. The molecule has 0 aliphatic carbocycles. The van der Waals surface area contributed by atoms with Crippen molar-refractivity contribution in [2.24, 2.45) is 18.9 Å². The lowest BCUT2D eigenvalue weighted by atomic mass is 9.74. The number of nitrogens with zero attached hydrogens (tertiary/aromatic N) is 4. The van der Waals surface area contributed by atoms with Crippen molar-refractivity contribution < 1.29 is 0 Å². The van der Waals surface area contributed by atoms with Crippen molar-refractivity contribution in [2.75, 3.05) is 19.6 Å². The first kappa shape index (κ1) is 18.4. The lowest BCUT2D eigenvalue weighted by molar-refractivity contribution is -0.0582. The maximum atomic E-state index is 4.50. The smallest absolute Gasteiger partial charge is 0.105 e. The summed E-state index contributed by atoms with van der Waals surface area (Å²) >= 11 is 0. The molecule has 2 aromatic rings. The van der Waals surface area contributed by atoms with Gasteiger partial charge in [0.1, 0.15) is 5.82 Å². The van der Waals surface area contributed by atoms with E-state index in [2.05, 4.69) is 69.9 Å². The number of aryl methyl sites for hydroxylation is 1. The van der Waals surface area contributed by atoms with Crippen LogP contribution in [-0.4, -0.2) is 51.1 Å². The van der Waals surface area contributed by atoms with E-state index >= 15 is 0 Å². The Balaban J connectivity index is 1.28. The molecule has 0 N–H and O–H groups in total. The maximum Gasteiger partial charge on any atom is 0.105 e. The van der Waals surface area contributed by atoms with Crippen LogP contribution < -0.4 is 0 Å². The van der Waals surface area contributed by atoms with Crippen molar-refractivity contribution in [1.82, 2.24) is 19.4 Å². The van der Waals surface area contributed by atoms with Gasteiger partial charge in [0.15, 0.2) is 0 Å². The topological polar surface area (TPSA) is 24.3 Å². The van der Waals surface area contributed by atoms with Gasteiger partial charge in [-0.25, -0.2) is 4.98 Å². The van der Waals surface area contributed by atoms with Crippen LogP contribution in [0, 0.1) is 18.8 Å². The van der Waals surface area contributed by atoms with Gasteiger partial charge in [0.05, 0.1) is 5.69 Å². The van der Waals surface area contributed by atoms with Crippen molar-refractivity contribution in [1.29, 1.82) is 0 Å². The van der Waals surface area contributed by atoms with E-state index in [0.717, 1.165) is 36.3 Å². The Kier molecular flexibility index (Phi) is 5.02. The van der Waals surface area contributed by atoms with E-state index in [0.29, 0.717) is 0 Å². The average molecular weight is 379 g/mol. The third-order valence-electron chi connectivity index (χ3n) is 7.61. The molecule has 4 atom stereocenters. The van der Waals surface area contributed by atoms with Crippen molar-refractivity contribution in [3.05, 3.63) is 53.6 Å². The molecule has 4 heterocycles. The van der Waals surface area contributed by atoms with Gasteiger partial charge >= 0.3 is 0 Å². The molecule has 1 aromatic heterocycles. The molecule has 3 saturated heterocycles. The second kappa shape index (κ2) is 7.64. The number of aromatic nitrogens is 2. The van der Waals surface area contributed by atoms with Gasteiger partial charge in [-0.3, -0.25) is 9.80 Å². The molecule has 5 rings (SSSR count). The van der Waals surface area contributed by atoms with Gasteiger partial charge in [-0.2, -0.15) is 0 Å². The van der Waals surface area contributed by atoms with Gasteiger partial charge < -0.3 is 4.57 Å². The molecule has 4 nitrogen and oxygen atoms in total. The summed E-state index contributed by atoms with van der Waals surface area (Å²) in [6.45, 7) is 6.98. The SMILES string of the molecule is Cc1ncc(CN2C[C@@H]3C[C@H](C2)[C@@H]2CCC[C@H](Cc4ccccc4)N2C3)n1C. The third-order valence-corrected chi connectivity index (χ3v) is 7.61. The molecule has 28 heavy (non-hydrogen) atoms. The molecular formula is C24H34N4. The lowest BCUT2D eigenvalue weighted by Crippen LogP contribution is -2.61. The molecule has 2 bridgehead atoms. The Bertz CT molecular complexity index is 798. The minimum absolute atomic E-state index is 0.748. The molecule has 0 saturated carbocycles. The molecule has 1 aromatic carbocycles. The number of hydrogen-bond donors (Lipinski definition) is 0. The van der Waals surface area contributed by atoms with Crippen LogP contribution in [0.3, 0.4) is 0 Å². The van der Waals surface area contributed by atoms with Crippen molar-refractivity contribution in [2.45, 2.75) is 57.7 Å².